The molecule has 6 heteroatoms. The molecule has 0 saturated carbocycles. The van der Waals surface area contributed by atoms with Crippen LogP contribution >= 0.6 is 11.6 Å². The molecule has 18 heavy (non-hydrogen) atoms. The summed E-state index contributed by atoms with van der Waals surface area (Å²) in [5, 5.41) is 0. The smallest absolute Gasteiger partial charge is 0.253 e. The van der Waals surface area contributed by atoms with Gasteiger partial charge in [-0.1, -0.05) is 0 Å². The van der Waals surface area contributed by atoms with E-state index in [9.17, 15) is 4.79 Å². The number of methoxy groups -OCH3 is 1. The highest BCUT2D eigenvalue weighted by Gasteiger charge is 2.11. The molecule has 1 amide bonds. The van der Waals surface area contributed by atoms with Crippen LogP contribution in [-0.4, -0.2) is 43.7 Å². The first-order valence-corrected chi connectivity index (χ1v) is 5.81. The zero-order chi connectivity index (χ0) is 13.7. The fraction of sp³-hybridized carbons (Fsp3) is 0.333. The van der Waals surface area contributed by atoms with E-state index in [4.69, 9.17) is 22.1 Å². The first-order chi connectivity index (χ1) is 8.49. The van der Waals surface area contributed by atoms with Gasteiger partial charge in [-0.2, -0.15) is 0 Å². The molecule has 0 atom stereocenters. The molecule has 0 bridgehead atoms. The van der Waals surface area contributed by atoms with Gasteiger partial charge in [0.25, 0.3) is 5.91 Å². The molecular formula is C12H16ClN3O2. The van der Waals surface area contributed by atoms with E-state index in [0.717, 1.165) is 0 Å². The maximum Gasteiger partial charge on any atom is 0.253 e. The number of carbonyl (C=O) groups is 1. The van der Waals surface area contributed by atoms with Crippen molar-refractivity contribution in [3.63, 3.8) is 0 Å². The first-order valence-electron chi connectivity index (χ1n) is 5.28. The number of nitrogens with zero attached hydrogens (tertiary/aromatic N) is 2. The van der Waals surface area contributed by atoms with Crippen molar-refractivity contribution in [2.75, 3.05) is 27.1 Å². The zero-order valence-corrected chi connectivity index (χ0v) is 11.4. The molecule has 98 valence electrons. The summed E-state index contributed by atoms with van der Waals surface area (Å²) in [5.41, 5.74) is 6.59. The van der Waals surface area contributed by atoms with Crippen molar-refractivity contribution in [3.05, 3.63) is 23.8 Å². The summed E-state index contributed by atoms with van der Waals surface area (Å²) in [5.74, 6) is 0.816. The highest BCUT2D eigenvalue weighted by Crippen LogP contribution is 2.28. The van der Waals surface area contributed by atoms with Gasteiger partial charge in [0.15, 0.2) is 0 Å². The molecule has 0 aliphatic heterocycles. The van der Waals surface area contributed by atoms with Crippen molar-refractivity contribution < 1.29 is 9.53 Å². The topological polar surface area (TPSA) is 67.9 Å². The number of nitrogens with two attached hydrogens (primary N) is 1. The Bertz CT molecular complexity index is 472. The number of halogens is 1. The highest BCUT2D eigenvalue weighted by atomic mass is 35.5. The van der Waals surface area contributed by atoms with E-state index in [0.29, 0.717) is 17.0 Å². The Hall–Kier alpha value is -1.75. The number of carbonyl (C=O) groups excluding carboxylic acids is 1. The standard InChI is InChI=1S/C12H16ClN3O2/c1-16(2)12(17)8-4-5-10(18-3)9(6-8)15-11(14)7-13/h4-6H,7H2,1-3H3,(H2,14,15). The fourth-order valence-corrected chi connectivity index (χ4v) is 1.41. The van der Waals surface area contributed by atoms with Gasteiger partial charge in [0.1, 0.15) is 17.3 Å². The molecule has 0 unspecified atom stereocenters. The summed E-state index contributed by atoms with van der Waals surface area (Å²) in [7, 11) is 4.89. The molecule has 0 radical (unpaired) electrons. The predicted octanol–water partition coefficient (Wildman–Crippen LogP) is 1.62. The van der Waals surface area contributed by atoms with Gasteiger partial charge in [0, 0.05) is 19.7 Å². The minimum atomic E-state index is -0.112. The third kappa shape index (κ3) is 3.37. The molecule has 0 aliphatic rings. The van der Waals surface area contributed by atoms with E-state index in [-0.39, 0.29) is 17.6 Å². The van der Waals surface area contributed by atoms with E-state index >= 15 is 0 Å². The molecule has 5 nitrogen and oxygen atoms in total. The number of amidine groups is 1. The van der Waals surface area contributed by atoms with Crippen LogP contribution in [0.25, 0.3) is 0 Å². The van der Waals surface area contributed by atoms with Gasteiger partial charge < -0.3 is 15.4 Å². The molecule has 0 aromatic heterocycles. The Morgan fingerprint density at radius 3 is 2.67 bits per heavy atom. The Balaban J connectivity index is 3.22. The van der Waals surface area contributed by atoms with Gasteiger partial charge in [-0.3, -0.25) is 4.79 Å². The molecule has 0 fully saturated rings. The van der Waals surface area contributed by atoms with Crippen LogP contribution < -0.4 is 10.5 Å². The lowest BCUT2D eigenvalue weighted by Crippen LogP contribution is -2.21. The lowest BCUT2D eigenvalue weighted by Gasteiger charge is -2.12. The molecule has 0 aliphatic carbocycles. The molecule has 0 heterocycles. The number of rotatable bonds is 4. The largest absolute Gasteiger partial charge is 0.494 e. The molecule has 1 aromatic carbocycles. The summed E-state index contributed by atoms with van der Waals surface area (Å²) in [6, 6.07) is 4.98. The van der Waals surface area contributed by atoms with Crippen molar-refractivity contribution in [2.45, 2.75) is 0 Å². The predicted molar refractivity (Wildman–Crippen MR) is 73.0 cm³/mol. The van der Waals surface area contributed by atoms with Crippen molar-refractivity contribution >= 4 is 29.0 Å². The van der Waals surface area contributed by atoms with Crippen LogP contribution in [0, 0.1) is 0 Å². The van der Waals surface area contributed by atoms with Gasteiger partial charge >= 0.3 is 0 Å². The van der Waals surface area contributed by atoms with Crippen molar-refractivity contribution in [1.29, 1.82) is 0 Å². The maximum atomic E-state index is 11.8. The Labute approximate surface area is 111 Å². The number of hydrogen-bond donors (Lipinski definition) is 1. The van der Waals surface area contributed by atoms with E-state index in [1.165, 1.54) is 12.0 Å². The zero-order valence-electron chi connectivity index (χ0n) is 10.6. The molecule has 0 saturated heterocycles. The van der Waals surface area contributed by atoms with Gasteiger partial charge in [-0.15, -0.1) is 11.6 Å². The maximum absolute atomic E-state index is 11.8. The second kappa shape index (κ2) is 6.26. The van der Waals surface area contributed by atoms with Crippen LogP contribution in [0.1, 0.15) is 10.4 Å². The van der Waals surface area contributed by atoms with Crippen LogP contribution in [0.2, 0.25) is 0 Å². The first kappa shape index (κ1) is 14.3. The average molecular weight is 270 g/mol. The summed E-state index contributed by atoms with van der Waals surface area (Å²) in [6.45, 7) is 0. The van der Waals surface area contributed by atoms with Crippen LogP contribution in [0.5, 0.6) is 5.75 Å². The molecule has 2 N–H and O–H groups in total. The van der Waals surface area contributed by atoms with Crippen LogP contribution in [-0.2, 0) is 0 Å². The lowest BCUT2D eigenvalue weighted by molar-refractivity contribution is 0.0827. The van der Waals surface area contributed by atoms with E-state index in [1.807, 2.05) is 0 Å². The lowest BCUT2D eigenvalue weighted by atomic mass is 10.1. The number of amides is 1. The number of benzene rings is 1. The molecular weight excluding hydrogens is 254 g/mol. The minimum Gasteiger partial charge on any atom is -0.494 e. The van der Waals surface area contributed by atoms with Crippen LogP contribution in [0.4, 0.5) is 5.69 Å². The third-order valence-corrected chi connectivity index (χ3v) is 2.51. The summed E-state index contributed by atoms with van der Waals surface area (Å²) in [4.78, 5) is 17.4. The Morgan fingerprint density at radius 1 is 1.50 bits per heavy atom. The van der Waals surface area contributed by atoms with Gasteiger partial charge in [0.2, 0.25) is 0 Å². The normalized spacial score (nSPS) is 11.2. The number of ether oxygens (including phenoxy) is 1. The van der Waals surface area contributed by atoms with Crippen molar-refractivity contribution in [1.82, 2.24) is 4.90 Å². The summed E-state index contributed by atoms with van der Waals surface area (Å²) < 4.78 is 5.16. The molecule has 1 rings (SSSR count). The monoisotopic (exact) mass is 269 g/mol. The van der Waals surface area contributed by atoms with E-state index in [2.05, 4.69) is 4.99 Å². The Morgan fingerprint density at radius 2 is 2.17 bits per heavy atom. The van der Waals surface area contributed by atoms with Gasteiger partial charge in [0.05, 0.1) is 13.0 Å². The minimum absolute atomic E-state index is 0.112. The number of alkyl halides is 1. The van der Waals surface area contributed by atoms with Gasteiger partial charge in [-0.25, -0.2) is 4.99 Å². The third-order valence-electron chi connectivity index (χ3n) is 2.23. The van der Waals surface area contributed by atoms with Crippen molar-refractivity contribution in [3.8, 4) is 5.75 Å². The summed E-state index contributed by atoms with van der Waals surface area (Å²) in [6.07, 6.45) is 0. The SMILES string of the molecule is COc1ccc(C(=O)N(C)C)cc1N=C(N)CCl. The van der Waals surface area contributed by atoms with Crippen LogP contribution in [0.15, 0.2) is 23.2 Å². The number of hydrogen-bond acceptors (Lipinski definition) is 3. The van der Waals surface area contributed by atoms with Gasteiger partial charge in [-0.05, 0) is 18.2 Å². The molecule has 1 aromatic rings. The second-order valence-corrected chi connectivity index (χ2v) is 4.09. The van der Waals surface area contributed by atoms with Crippen molar-refractivity contribution in [2.24, 2.45) is 10.7 Å². The fourth-order valence-electron chi connectivity index (χ4n) is 1.35. The van der Waals surface area contributed by atoms with E-state index in [1.54, 1.807) is 32.3 Å². The molecule has 0 spiro atoms. The van der Waals surface area contributed by atoms with E-state index < -0.39 is 0 Å². The quantitative estimate of drug-likeness (QED) is 0.513. The second-order valence-electron chi connectivity index (χ2n) is 3.82. The van der Waals surface area contributed by atoms with Crippen LogP contribution in [0.3, 0.4) is 0 Å². The summed E-state index contributed by atoms with van der Waals surface area (Å²) >= 11 is 5.58. The average Bonchev–Trinajstić information content (AvgIpc) is 2.37. The Kier molecular flexibility index (Phi) is 4.97. The number of aliphatic imine (C=N–C) groups is 1. The highest BCUT2D eigenvalue weighted by molar-refractivity contribution is 6.28.